The number of nitrogen functional groups attached to an aromatic ring is 1. The summed E-state index contributed by atoms with van der Waals surface area (Å²) < 4.78 is 3.24. The number of anilines is 1. The number of carbonyl (C=O) groups is 1. The van der Waals surface area contributed by atoms with Gasteiger partial charge in [-0.15, -0.1) is 10.2 Å². The molecule has 8 nitrogen and oxygen atoms in total. The maximum atomic E-state index is 11.8. The zero-order chi connectivity index (χ0) is 13.1. The fourth-order valence-electron chi connectivity index (χ4n) is 1.65. The van der Waals surface area contributed by atoms with Crippen molar-refractivity contribution in [3.8, 4) is 0 Å². The van der Waals surface area contributed by atoms with E-state index in [2.05, 4.69) is 20.6 Å². The van der Waals surface area contributed by atoms with E-state index in [1.165, 1.54) is 10.9 Å². The molecule has 0 spiro atoms. The van der Waals surface area contributed by atoms with Crippen molar-refractivity contribution >= 4 is 11.6 Å². The molecule has 0 bridgehead atoms. The summed E-state index contributed by atoms with van der Waals surface area (Å²) in [4.78, 5) is 11.8. The predicted molar refractivity (Wildman–Crippen MR) is 64.2 cm³/mol. The van der Waals surface area contributed by atoms with Crippen LogP contribution >= 0.6 is 0 Å². The first-order valence-electron chi connectivity index (χ1n) is 5.47. The molecule has 1 amide bonds. The van der Waals surface area contributed by atoms with Crippen LogP contribution in [0.3, 0.4) is 0 Å². The number of hydrogen-bond donors (Lipinski definition) is 2. The summed E-state index contributed by atoms with van der Waals surface area (Å²) in [7, 11) is 1.83. The lowest BCUT2D eigenvalue weighted by atomic mass is 10.3. The molecule has 18 heavy (non-hydrogen) atoms. The first kappa shape index (κ1) is 12.1. The van der Waals surface area contributed by atoms with Gasteiger partial charge in [0.2, 0.25) is 5.91 Å². The van der Waals surface area contributed by atoms with Gasteiger partial charge in [-0.05, 0) is 6.92 Å². The number of aryl methyl sites for hydroxylation is 1. The van der Waals surface area contributed by atoms with Crippen molar-refractivity contribution in [2.75, 3.05) is 5.73 Å². The highest BCUT2D eigenvalue weighted by Gasteiger charge is 2.14. The quantitative estimate of drug-likeness (QED) is 0.758. The lowest BCUT2D eigenvalue weighted by Crippen LogP contribution is -2.31. The third-order valence-corrected chi connectivity index (χ3v) is 2.47. The monoisotopic (exact) mass is 249 g/mol. The van der Waals surface area contributed by atoms with Gasteiger partial charge in [0.15, 0.2) is 5.82 Å². The Morgan fingerprint density at radius 3 is 2.94 bits per heavy atom. The molecule has 2 rings (SSSR count). The number of nitrogens with zero attached hydrogens (tertiary/aromatic N) is 5. The SMILES string of the molecule is CC(NC(=O)Cn1cc(N)cn1)c1nncn1C. The Morgan fingerprint density at radius 1 is 1.61 bits per heavy atom. The van der Waals surface area contributed by atoms with Crippen molar-refractivity contribution in [3.63, 3.8) is 0 Å². The Bertz CT molecular complexity index is 544. The molecule has 2 heterocycles. The van der Waals surface area contributed by atoms with Gasteiger partial charge in [-0.25, -0.2) is 0 Å². The smallest absolute Gasteiger partial charge is 0.242 e. The average molecular weight is 249 g/mol. The summed E-state index contributed by atoms with van der Waals surface area (Å²) >= 11 is 0. The van der Waals surface area contributed by atoms with E-state index in [4.69, 9.17) is 5.73 Å². The molecule has 0 radical (unpaired) electrons. The molecular weight excluding hydrogens is 234 g/mol. The average Bonchev–Trinajstić information content (AvgIpc) is 2.87. The van der Waals surface area contributed by atoms with Crippen LogP contribution in [0.25, 0.3) is 0 Å². The van der Waals surface area contributed by atoms with E-state index in [9.17, 15) is 4.79 Å². The van der Waals surface area contributed by atoms with E-state index < -0.39 is 0 Å². The number of aromatic nitrogens is 5. The van der Waals surface area contributed by atoms with Gasteiger partial charge in [-0.2, -0.15) is 5.10 Å². The molecule has 0 aliphatic rings. The Kier molecular flexibility index (Phi) is 3.26. The minimum atomic E-state index is -0.210. The van der Waals surface area contributed by atoms with Crippen molar-refractivity contribution in [1.29, 1.82) is 0 Å². The standard InChI is InChI=1S/C10H15N7O/c1-7(10-15-12-6-16(10)2)14-9(18)5-17-4-8(11)3-13-17/h3-4,6-7H,5,11H2,1-2H3,(H,14,18). The minimum absolute atomic E-state index is 0.124. The summed E-state index contributed by atoms with van der Waals surface area (Å²) in [5.74, 6) is 0.539. The van der Waals surface area contributed by atoms with Crippen LogP contribution < -0.4 is 11.1 Å². The Balaban J connectivity index is 1.93. The van der Waals surface area contributed by atoms with Gasteiger partial charge in [-0.3, -0.25) is 9.48 Å². The third-order valence-electron chi connectivity index (χ3n) is 2.47. The van der Waals surface area contributed by atoms with E-state index in [-0.39, 0.29) is 18.5 Å². The summed E-state index contributed by atoms with van der Waals surface area (Å²) in [6.45, 7) is 1.97. The lowest BCUT2D eigenvalue weighted by molar-refractivity contribution is -0.122. The molecule has 0 aliphatic carbocycles. The fourth-order valence-corrected chi connectivity index (χ4v) is 1.65. The van der Waals surface area contributed by atoms with Crippen molar-refractivity contribution in [2.45, 2.75) is 19.5 Å². The molecule has 8 heteroatoms. The van der Waals surface area contributed by atoms with Gasteiger partial charge in [0.05, 0.1) is 17.9 Å². The predicted octanol–water partition coefficient (Wildman–Crippen LogP) is -0.529. The first-order valence-corrected chi connectivity index (χ1v) is 5.47. The van der Waals surface area contributed by atoms with Gasteiger partial charge in [-0.1, -0.05) is 0 Å². The van der Waals surface area contributed by atoms with E-state index in [1.807, 2.05) is 14.0 Å². The van der Waals surface area contributed by atoms with Crippen LogP contribution in [0.4, 0.5) is 5.69 Å². The Morgan fingerprint density at radius 2 is 2.39 bits per heavy atom. The third kappa shape index (κ3) is 2.65. The number of nitrogens with one attached hydrogen (secondary N) is 1. The normalized spacial score (nSPS) is 12.3. The molecule has 0 saturated heterocycles. The fraction of sp³-hybridized carbons (Fsp3) is 0.400. The van der Waals surface area contributed by atoms with E-state index in [0.29, 0.717) is 11.5 Å². The number of hydrogen-bond acceptors (Lipinski definition) is 5. The molecule has 0 fully saturated rings. The Hall–Kier alpha value is -2.38. The molecule has 0 saturated carbocycles. The molecule has 3 N–H and O–H groups in total. The maximum Gasteiger partial charge on any atom is 0.242 e. The number of rotatable bonds is 4. The highest BCUT2D eigenvalue weighted by Crippen LogP contribution is 2.07. The molecule has 1 atom stereocenters. The second kappa shape index (κ2) is 4.86. The molecule has 2 aromatic heterocycles. The van der Waals surface area contributed by atoms with Gasteiger partial charge >= 0.3 is 0 Å². The number of carbonyl (C=O) groups excluding carboxylic acids is 1. The number of amides is 1. The molecule has 0 aliphatic heterocycles. The highest BCUT2D eigenvalue weighted by atomic mass is 16.2. The van der Waals surface area contributed by atoms with E-state index >= 15 is 0 Å². The van der Waals surface area contributed by atoms with Crippen molar-refractivity contribution < 1.29 is 4.79 Å². The second-order valence-electron chi connectivity index (χ2n) is 4.06. The van der Waals surface area contributed by atoms with Crippen LogP contribution in [0.5, 0.6) is 0 Å². The molecule has 96 valence electrons. The highest BCUT2D eigenvalue weighted by molar-refractivity contribution is 5.76. The summed E-state index contributed by atoms with van der Waals surface area (Å²) in [6, 6.07) is -0.210. The van der Waals surface area contributed by atoms with Gasteiger partial charge < -0.3 is 15.6 Å². The van der Waals surface area contributed by atoms with E-state index in [0.717, 1.165) is 0 Å². The van der Waals surface area contributed by atoms with Crippen LogP contribution in [0, 0.1) is 0 Å². The van der Waals surface area contributed by atoms with Crippen LogP contribution in [-0.4, -0.2) is 30.5 Å². The van der Waals surface area contributed by atoms with Crippen LogP contribution in [0.1, 0.15) is 18.8 Å². The summed E-state index contributed by atoms with van der Waals surface area (Å²) in [6.07, 6.45) is 4.69. The first-order chi connectivity index (χ1) is 8.56. The lowest BCUT2D eigenvalue weighted by Gasteiger charge is -2.12. The topological polar surface area (TPSA) is 104 Å². The van der Waals surface area contributed by atoms with Crippen LogP contribution in [-0.2, 0) is 18.4 Å². The van der Waals surface area contributed by atoms with Crippen molar-refractivity contribution in [2.24, 2.45) is 7.05 Å². The zero-order valence-electron chi connectivity index (χ0n) is 10.2. The molecule has 1 unspecified atom stereocenters. The maximum absolute atomic E-state index is 11.8. The summed E-state index contributed by atoms with van der Waals surface area (Å²) in [5.41, 5.74) is 6.05. The van der Waals surface area contributed by atoms with Crippen LogP contribution in [0.2, 0.25) is 0 Å². The van der Waals surface area contributed by atoms with E-state index in [1.54, 1.807) is 17.1 Å². The van der Waals surface area contributed by atoms with Crippen molar-refractivity contribution in [1.82, 2.24) is 29.9 Å². The van der Waals surface area contributed by atoms with Gasteiger partial charge in [0.25, 0.3) is 0 Å². The molecule has 2 aromatic rings. The second-order valence-corrected chi connectivity index (χ2v) is 4.06. The minimum Gasteiger partial charge on any atom is -0.396 e. The van der Waals surface area contributed by atoms with Crippen molar-refractivity contribution in [3.05, 3.63) is 24.5 Å². The van der Waals surface area contributed by atoms with Gasteiger partial charge in [0.1, 0.15) is 12.9 Å². The van der Waals surface area contributed by atoms with Gasteiger partial charge in [0, 0.05) is 13.2 Å². The zero-order valence-corrected chi connectivity index (χ0v) is 10.2. The Labute approximate surface area is 104 Å². The number of nitrogens with two attached hydrogens (primary N) is 1. The molecule has 0 aromatic carbocycles. The largest absolute Gasteiger partial charge is 0.396 e. The molecular formula is C10H15N7O. The summed E-state index contributed by atoms with van der Waals surface area (Å²) in [5, 5.41) is 14.5. The van der Waals surface area contributed by atoms with Crippen LogP contribution in [0.15, 0.2) is 18.7 Å².